The molecule has 1 saturated carbocycles. The van der Waals surface area contributed by atoms with E-state index in [0.717, 1.165) is 24.9 Å². The lowest BCUT2D eigenvalue weighted by molar-refractivity contribution is -0.255. The number of nitrogens with one attached hydrogen (secondary N) is 1. The van der Waals surface area contributed by atoms with Crippen molar-refractivity contribution < 1.29 is 29.5 Å². The topological polar surface area (TPSA) is 119 Å². The predicted octanol–water partition coefficient (Wildman–Crippen LogP) is -0.0167. The maximum atomic E-state index is 12.4. The van der Waals surface area contributed by atoms with E-state index in [1.54, 1.807) is 12.1 Å². The number of rotatable bonds is 6. The van der Waals surface area contributed by atoms with E-state index in [4.69, 9.17) is 4.74 Å². The number of benzene rings is 1. The summed E-state index contributed by atoms with van der Waals surface area (Å²) in [5.41, 5.74) is 1.10. The van der Waals surface area contributed by atoms with Gasteiger partial charge in [0.15, 0.2) is 0 Å². The fourth-order valence-electron chi connectivity index (χ4n) is 4.72. The van der Waals surface area contributed by atoms with Crippen LogP contribution in [0.2, 0.25) is 6.32 Å². The van der Waals surface area contributed by atoms with Gasteiger partial charge in [0, 0.05) is 23.9 Å². The summed E-state index contributed by atoms with van der Waals surface area (Å²) in [5.74, 6) is -0.958. The van der Waals surface area contributed by atoms with E-state index >= 15 is 0 Å². The molecule has 0 radical (unpaired) electrons. The summed E-state index contributed by atoms with van der Waals surface area (Å²) in [6.45, 7) is -1.62. The number of ketones is 1. The first kappa shape index (κ1) is 19.4. The number of carboxylic acids is 1. The van der Waals surface area contributed by atoms with Crippen molar-refractivity contribution in [2.75, 3.05) is 6.54 Å². The van der Waals surface area contributed by atoms with Crippen molar-refractivity contribution in [2.45, 2.75) is 63.3 Å². The molecular weight excluding hydrogens is 361 g/mol. The molecule has 3 aliphatic rings. The summed E-state index contributed by atoms with van der Waals surface area (Å²) < 4.78 is 5.88. The number of carbonyl (C=O) groups is 2. The maximum absolute atomic E-state index is 12.4. The van der Waals surface area contributed by atoms with Crippen LogP contribution in [0, 0.1) is 5.92 Å². The molecule has 3 N–H and O–H groups in total. The molecule has 0 bridgehead atoms. The fraction of sp³-hybridized carbons (Fsp3) is 0.600. The monoisotopic (exact) mass is 387 g/mol. The van der Waals surface area contributed by atoms with E-state index < -0.39 is 12.5 Å². The summed E-state index contributed by atoms with van der Waals surface area (Å²) in [6.07, 6.45) is 4.22. The Hall–Kier alpha value is -1.90. The van der Waals surface area contributed by atoms with E-state index in [0.29, 0.717) is 31.2 Å². The highest BCUT2D eigenvalue weighted by atomic mass is 16.5. The van der Waals surface area contributed by atoms with Crippen LogP contribution in [-0.2, 0) is 17.5 Å². The minimum absolute atomic E-state index is 0.0257. The molecule has 1 aromatic rings. The van der Waals surface area contributed by atoms with E-state index in [1.165, 1.54) is 0 Å². The average molecular weight is 387 g/mol. The smallest absolute Gasteiger partial charge is 0.240 e. The Labute approximate surface area is 164 Å². The standard InChI is InChI=1S/C20H27BNO6/c23-17(10-14-2-1-7-22-14)13-8-15(9-13)28-18-4-3-12-5-6-21(26,27)11-16(12)19(18)20(24)25/h3-4,13-15,22,26-27H,1-2,5-11H2,(H,24,25)/q-1/p-1/t13?,14-,15?/m0/s1. The summed E-state index contributed by atoms with van der Waals surface area (Å²) in [6, 6.07) is 3.70. The highest BCUT2D eigenvalue weighted by Crippen LogP contribution is 2.37. The van der Waals surface area contributed by atoms with Crippen molar-refractivity contribution in [1.82, 2.24) is 5.32 Å². The van der Waals surface area contributed by atoms with Crippen LogP contribution < -0.4 is 15.2 Å². The molecule has 2 aliphatic heterocycles. The van der Waals surface area contributed by atoms with Gasteiger partial charge in [-0.1, -0.05) is 18.1 Å². The predicted molar refractivity (Wildman–Crippen MR) is 101 cm³/mol. The maximum Gasteiger partial charge on any atom is 0.240 e. The van der Waals surface area contributed by atoms with Gasteiger partial charge in [0.1, 0.15) is 17.6 Å². The highest BCUT2D eigenvalue weighted by molar-refractivity contribution is 6.64. The number of ether oxygens (including phenoxy) is 1. The van der Waals surface area contributed by atoms with Gasteiger partial charge in [0.05, 0.1) is 5.97 Å². The Kier molecular flexibility index (Phi) is 5.20. The Morgan fingerprint density at radius 2 is 2.07 bits per heavy atom. The van der Waals surface area contributed by atoms with E-state index in [-0.39, 0.29) is 47.8 Å². The molecule has 2 fully saturated rings. The summed E-state index contributed by atoms with van der Waals surface area (Å²) >= 11 is 0. The molecule has 0 amide bonds. The van der Waals surface area contributed by atoms with E-state index in [1.807, 2.05) is 0 Å². The zero-order valence-electron chi connectivity index (χ0n) is 15.9. The van der Waals surface area contributed by atoms with Gasteiger partial charge in [0.25, 0.3) is 0 Å². The van der Waals surface area contributed by atoms with Crippen molar-refractivity contribution in [1.29, 1.82) is 0 Å². The Bertz CT molecular complexity index is 783. The number of hydrogen-bond donors (Lipinski definition) is 3. The lowest BCUT2D eigenvalue weighted by Crippen LogP contribution is -2.43. The first-order chi connectivity index (χ1) is 13.3. The molecule has 0 unspecified atom stereocenters. The van der Waals surface area contributed by atoms with Crippen LogP contribution in [0.1, 0.15) is 53.6 Å². The largest absolute Gasteiger partial charge is 0.583 e. The molecule has 4 rings (SSSR count). The van der Waals surface area contributed by atoms with Crippen LogP contribution in [0.15, 0.2) is 12.1 Å². The van der Waals surface area contributed by atoms with Gasteiger partial charge in [-0.2, -0.15) is 0 Å². The Morgan fingerprint density at radius 3 is 2.75 bits per heavy atom. The first-order valence-corrected chi connectivity index (χ1v) is 10.2. The molecule has 0 spiro atoms. The molecule has 8 heteroatoms. The Morgan fingerprint density at radius 1 is 1.29 bits per heavy atom. The number of aromatic carboxylic acids is 1. The minimum atomic E-state index is -2.59. The third-order valence-electron chi connectivity index (χ3n) is 6.44. The first-order valence-electron chi connectivity index (χ1n) is 10.2. The van der Waals surface area contributed by atoms with E-state index in [2.05, 4.69) is 5.32 Å². The van der Waals surface area contributed by atoms with Gasteiger partial charge in [-0.25, -0.2) is 0 Å². The number of hydrogen-bond acceptors (Lipinski definition) is 7. The molecular formula is C20H26BNO6-2. The lowest BCUT2D eigenvalue weighted by Gasteiger charge is -2.38. The molecule has 1 saturated heterocycles. The molecule has 7 nitrogen and oxygen atoms in total. The third-order valence-corrected chi connectivity index (χ3v) is 6.44. The van der Waals surface area contributed by atoms with Crippen LogP contribution in [0.25, 0.3) is 0 Å². The van der Waals surface area contributed by atoms with Gasteiger partial charge in [-0.3, -0.25) is 4.79 Å². The lowest BCUT2D eigenvalue weighted by atomic mass is 9.47. The average Bonchev–Trinajstić information content (AvgIpc) is 3.08. The minimum Gasteiger partial charge on any atom is -0.583 e. The SMILES string of the molecule is O=C([O-])c1c(OC2CC(C(=O)C[C@@H]3CCCN3)C2)ccc2c1C[B-](O)(O)CC2. The van der Waals surface area contributed by atoms with Gasteiger partial charge < -0.3 is 30.0 Å². The van der Waals surface area contributed by atoms with Crippen LogP contribution in [0.4, 0.5) is 0 Å². The van der Waals surface area contributed by atoms with Crippen molar-refractivity contribution in [3.05, 3.63) is 28.8 Å². The second-order valence-corrected chi connectivity index (χ2v) is 8.61. The zero-order valence-corrected chi connectivity index (χ0v) is 15.9. The second kappa shape index (κ2) is 7.50. The second-order valence-electron chi connectivity index (χ2n) is 8.61. The molecule has 1 atom stereocenters. The number of Topliss-reactive ketones (excluding diaryl/α,β-unsaturated/α-hetero) is 1. The van der Waals surface area contributed by atoms with Crippen molar-refractivity contribution in [2.24, 2.45) is 5.92 Å². The summed E-state index contributed by atoms with van der Waals surface area (Å²) in [7, 11) is 0. The molecule has 152 valence electrons. The van der Waals surface area contributed by atoms with Crippen molar-refractivity contribution >= 4 is 18.3 Å². The van der Waals surface area contributed by atoms with Crippen LogP contribution in [0.3, 0.4) is 0 Å². The number of fused-ring (bicyclic) bond motifs is 1. The van der Waals surface area contributed by atoms with Gasteiger partial charge in [0.2, 0.25) is 6.55 Å². The normalized spacial score (nSPS) is 28.3. The van der Waals surface area contributed by atoms with E-state index in [9.17, 15) is 24.7 Å². The molecule has 1 aliphatic carbocycles. The quantitative estimate of drug-likeness (QED) is 0.587. The summed E-state index contributed by atoms with van der Waals surface area (Å²) in [5, 5.41) is 35.1. The number of carboxylic acid groups (broad SMARTS) is 1. The molecule has 2 heterocycles. The van der Waals surface area contributed by atoms with Crippen LogP contribution >= 0.6 is 0 Å². The Balaban J connectivity index is 1.42. The van der Waals surface area contributed by atoms with Gasteiger partial charge >= 0.3 is 0 Å². The van der Waals surface area contributed by atoms with Gasteiger partial charge in [-0.15, -0.1) is 12.6 Å². The third kappa shape index (κ3) is 3.95. The molecule has 0 aromatic heterocycles. The van der Waals surface area contributed by atoms with Crippen LogP contribution in [0.5, 0.6) is 5.75 Å². The highest BCUT2D eigenvalue weighted by Gasteiger charge is 2.37. The fourth-order valence-corrected chi connectivity index (χ4v) is 4.72. The molecule has 1 aromatic carbocycles. The number of aryl methyl sites for hydroxylation is 1. The van der Waals surface area contributed by atoms with Crippen LogP contribution in [-0.4, -0.2) is 47.0 Å². The van der Waals surface area contributed by atoms with Gasteiger partial charge in [-0.05, 0) is 43.9 Å². The number of carbonyl (C=O) groups excluding carboxylic acids is 2. The molecule has 28 heavy (non-hydrogen) atoms. The van der Waals surface area contributed by atoms with Crippen molar-refractivity contribution in [3.63, 3.8) is 0 Å². The van der Waals surface area contributed by atoms with Crippen molar-refractivity contribution in [3.8, 4) is 5.75 Å². The summed E-state index contributed by atoms with van der Waals surface area (Å²) in [4.78, 5) is 24.1. The zero-order chi connectivity index (χ0) is 19.9.